The molecule has 3 heteroatoms. The lowest BCUT2D eigenvalue weighted by atomic mass is 9.94. The second kappa shape index (κ2) is 7.78. The molecule has 2 heterocycles. The molecule has 0 aliphatic rings. The van der Waals surface area contributed by atoms with E-state index in [0.717, 1.165) is 6.54 Å². The van der Waals surface area contributed by atoms with Gasteiger partial charge in [-0.05, 0) is 52.9 Å². The molecule has 0 atom stereocenters. The summed E-state index contributed by atoms with van der Waals surface area (Å²) in [5.41, 5.74) is 8.71. The topological polar surface area (TPSA) is 36.7 Å². The first-order chi connectivity index (χ1) is 13.3. The second-order valence-electron chi connectivity index (χ2n) is 6.84. The molecule has 27 heavy (non-hydrogen) atoms. The molecule has 0 amide bonds. The number of hydrogen-bond donors (Lipinski definition) is 2. The fourth-order valence-corrected chi connectivity index (χ4v) is 3.60. The molecule has 2 N–H and O–H groups in total. The third-order valence-electron chi connectivity index (χ3n) is 5.01. The fraction of sp³-hybridized carbons (Fsp3) is 0.167. The molecule has 0 saturated heterocycles. The van der Waals surface area contributed by atoms with Gasteiger partial charge in [-0.25, -0.2) is 0 Å². The van der Waals surface area contributed by atoms with Gasteiger partial charge in [0.15, 0.2) is 0 Å². The van der Waals surface area contributed by atoms with Crippen LogP contribution in [0.25, 0.3) is 27.8 Å². The van der Waals surface area contributed by atoms with Gasteiger partial charge in [-0.2, -0.15) is 0 Å². The molecular weight excluding hydrogens is 332 g/mol. The Labute approximate surface area is 159 Å². The van der Waals surface area contributed by atoms with Crippen LogP contribution in [-0.4, -0.2) is 22.7 Å². The van der Waals surface area contributed by atoms with E-state index in [2.05, 4.69) is 95.8 Å². The fourth-order valence-electron chi connectivity index (χ4n) is 3.60. The van der Waals surface area contributed by atoms with Crippen LogP contribution in [0.4, 0.5) is 0 Å². The van der Waals surface area contributed by atoms with E-state index in [9.17, 15) is 0 Å². The molecule has 0 aliphatic carbocycles. The van der Waals surface area contributed by atoms with Crippen LogP contribution < -0.4 is 5.32 Å². The average Bonchev–Trinajstić information content (AvgIpc) is 3.12. The highest BCUT2D eigenvalue weighted by atomic mass is 16.3. The van der Waals surface area contributed by atoms with Crippen molar-refractivity contribution < 1.29 is 5.11 Å². The summed E-state index contributed by atoms with van der Waals surface area (Å²) in [6.45, 7) is 3.74. The molecule has 0 fully saturated rings. The maximum Gasteiger partial charge on any atom is 0.0556 e. The van der Waals surface area contributed by atoms with Crippen LogP contribution in [0.3, 0.4) is 0 Å². The van der Waals surface area contributed by atoms with Gasteiger partial charge in [-0.1, -0.05) is 48.5 Å². The van der Waals surface area contributed by atoms with E-state index in [-0.39, 0.29) is 6.61 Å². The molecule has 0 radical (unpaired) electrons. The number of hydrogen-bond acceptors (Lipinski definition) is 2. The molecule has 4 rings (SSSR count). The molecule has 2 aromatic heterocycles. The highest BCUT2D eigenvalue weighted by Gasteiger charge is 2.10. The lowest BCUT2D eigenvalue weighted by Gasteiger charge is -2.10. The van der Waals surface area contributed by atoms with Crippen molar-refractivity contribution in [3.63, 3.8) is 0 Å². The summed E-state index contributed by atoms with van der Waals surface area (Å²) in [6, 6.07) is 23.6. The van der Waals surface area contributed by atoms with Crippen molar-refractivity contribution in [1.82, 2.24) is 9.72 Å². The number of rotatable bonds is 6. The Hall–Kier alpha value is -2.88. The zero-order valence-electron chi connectivity index (χ0n) is 15.5. The number of nitrogens with zero attached hydrogens (tertiary/aromatic N) is 1. The quantitative estimate of drug-likeness (QED) is 0.493. The van der Waals surface area contributed by atoms with Gasteiger partial charge in [0.1, 0.15) is 0 Å². The van der Waals surface area contributed by atoms with Crippen LogP contribution in [0.2, 0.25) is 0 Å². The Bertz CT molecular complexity index is 1050. The Balaban J connectivity index is 1.70. The van der Waals surface area contributed by atoms with Crippen LogP contribution in [0.1, 0.15) is 11.1 Å². The molecule has 2 aromatic carbocycles. The zero-order chi connectivity index (χ0) is 18.6. The van der Waals surface area contributed by atoms with Crippen molar-refractivity contribution in [3.05, 3.63) is 90.3 Å². The first kappa shape index (κ1) is 17.5. The molecule has 4 aromatic rings. The van der Waals surface area contributed by atoms with Crippen LogP contribution in [-0.2, 0) is 6.54 Å². The van der Waals surface area contributed by atoms with Crippen LogP contribution in [0.5, 0.6) is 0 Å². The van der Waals surface area contributed by atoms with Gasteiger partial charge in [0.2, 0.25) is 0 Å². The summed E-state index contributed by atoms with van der Waals surface area (Å²) in [5, 5.41) is 12.1. The molecule has 0 unspecified atom stereocenters. The number of aromatic nitrogens is 1. The molecular formula is C24H24N2O. The van der Waals surface area contributed by atoms with Gasteiger partial charge >= 0.3 is 0 Å². The Morgan fingerprint density at radius 2 is 1.67 bits per heavy atom. The Morgan fingerprint density at radius 3 is 2.44 bits per heavy atom. The number of pyridine rings is 1. The summed E-state index contributed by atoms with van der Waals surface area (Å²) in [4.78, 5) is 0. The van der Waals surface area contributed by atoms with E-state index < -0.39 is 0 Å². The zero-order valence-corrected chi connectivity index (χ0v) is 15.5. The van der Waals surface area contributed by atoms with E-state index in [1.165, 1.54) is 38.9 Å². The smallest absolute Gasteiger partial charge is 0.0556 e. The Morgan fingerprint density at radius 1 is 0.889 bits per heavy atom. The standard InChI is InChI=1S/C24H24N2O/c1-18-23(20-6-3-2-4-7-20)8-5-9-24(18)21-15-22-14-19(16-25-11-13-27)10-12-26(22)17-21/h2-10,12,14-15,17,25,27H,11,13,16H2,1H3. The van der Waals surface area contributed by atoms with E-state index in [1.807, 2.05) is 0 Å². The first-order valence-electron chi connectivity index (χ1n) is 9.34. The van der Waals surface area contributed by atoms with Gasteiger partial charge in [0, 0.05) is 36.6 Å². The van der Waals surface area contributed by atoms with E-state index in [1.54, 1.807) is 0 Å². The van der Waals surface area contributed by atoms with Gasteiger partial charge in [-0.15, -0.1) is 0 Å². The highest BCUT2D eigenvalue weighted by molar-refractivity contribution is 5.80. The van der Waals surface area contributed by atoms with Crippen LogP contribution >= 0.6 is 0 Å². The van der Waals surface area contributed by atoms with Crippen molar-refractivity contribution in [3.8, 4) is 22.3 Å². The lowest BCUT2D eigenvalue weighted by molar-refractivity contribution is 0.292. The van der Waals surface area contributed by atoms with Crippen molar-refractivity contribution in [1.29, 1.82) is 0 Å². The summed E-state index contributed by atoms with van der Waals surface area (Å²) in [5.74, 6) is 0. The van der Waals surface area contributed by atoms with Crippen molar-refractivity contribution >= 4 is 5.52 Å². The number of fused-ring (bicyclic) bond motifs is 1. The summed E-state index contributed by atoms with van der Waals surface area (Å²) in [7, 11) is 0. The van der Waals surface area contributed by atoms with Gasteiger partial charge < -0.3 is 14.8 Å². The third-order valence-corrected chi connectivity index (χ3v) is 5.01. The first-order valence-corrected chi connectivity index (χ1v) is 9.34. The highest BCUT2D eigenvalue weighted by Crippen LogP contribution is 2.32. The van der Waals surface area contributed by atoms with E-state index in [4.69, 9.17) is 5.11 Å². The number of aliphatic hydroxyl groups is 1. The van der Waals surface area contributed by atoms with Crippen LogP contribution in [0.15, 0.2) is 79.1 Å². The average molecular weight is 356 g/mol. The maximum absolute atomic E-state index is 8.91. The van der Waals surface area contributed by atoms with Gasteiger partial charge in [0.05, 0.1) is 6.61 Å². The molecule has 0 spiro atoms. The third kappa shape index (κ3) is 3.65. The van der Waals surface area contributed by atoms with E-state index >= 15 is 0 Å². The summed E-state index contributed by atoms with van der Waals surface area (Å²) >= 11 is 0. The minimum atomic E-state index is 0.161. The van der Waals surface area contributed by atoms with Crippen LogP contribution in [0, 0.1) is 6.92 Å². The maximum atomic E-state index is 8.91. The largest absolute Gasteiger partial charge is 0.395 e. The minimum Gasteiger partial charge on any atom is -0.395 e. The lowest BCUT2D eigenvalue weighted by Crippen LogP contribution is -2.17. The summed E-state index contributed by atoms with van der Waals surface area (Å²) in [6.07, 6.45) is 4.29. The van der Waals surface area contributed by atoms with Crippen molar-refractivity contribution in [2.45, 2.75) is 13.5 Å². The number of nitrogens with one attached hydrogen (secondary N) is 1. The molecule has 0 saturated carbocycles. The van der Waals surface area contributed by atoms with E-state index in [0.29, 0.717) is 6.54 Å². The number of benzene rings is 2. The SMILES string of the molecule is Cc1c(-c2ccccc2)cccc1-c1cc2cc(CNCCO)ccn2c1. The monoisotopic (exact) mass is 356 g/mol. The molecule has 0 aliphatic heterocycles. The van der Waals surface area contributed by atoms with Gasteiger partial charge in [0.25, 0.3) is 0 Å². The normalized spacial score (nSPS) is 11.2. The Kier molecular flexibility index (Phi) is 5.05. The van der Waals surface area contributed by atoms with Crippen molar-refractivity contribution in [2.75, 3.05) is 13.2 Å². The molecule has 136 valence electrons. The molecule has 3 nitrogen and oxygen atoms in total. The number of aliphatic hydroxyl groups excluding tert-OH is 1. The summed E-state index contributed by atoms with van der Waals surface area (Å²) < 4.78 is 2.17. The molecule has 0 bridgehead atoms. The minimum absolute atomic E-state index is 0.161. The van der Waals surface area contributed by atoms with Crippen molar-refractivity contribution in [2.24, 2.45) is 0 Å². The van der Waals surface area contributed by atoms with Gasteiger partial charge in [-0.3, -0.25) is 0 Å². The second-order valence-corrected chi connectivity index (χ2v) is 6.84. The predicted octanol–water partition coefficient (Wildman–Crippen LogP) is 4.66. The predicted molar refractivity (Wildman–Crippen MR) is 112 cm³/mol.